The second kappa shape index (κ2) is 7.48. The van der Waals surface area contributed by atoms with Gasteiger partial charge in [-0.25, -0.2) is 15.0 Å². The van der Waals surface area contributed by atoms with E-state index in [0.717, 1.165) is 59.8 Å². The average molecular weight is 388 g/mol. The fourth-order valence-corrected chi connectivity index (χ4v) is 3.59. The first-order valence-electron chi connectivity index (χ1n) is 9.46. The van der Waals surface area contributed by atoms with Crippen LogP contribution in [-0.2, 0) is 4.74 Å². The number of hydrogen-bond donors (Lipinski definition) is 1. The van der Waals surface area contributed by atoms with Gasteiger partial charge in [0, 0.05) is 48.2 Å². The summed E-state index contributed by atoms with van der Waals surface area (Å²) >= 11 is 0. The minimum atomic E-state index is 0.496. The van der Waals surface area contributed by atoms with Crippen molar-refractivity contribution in [3.8, 4) is 28.4 Å². The molecular weight excluding hydrogens is 368 g/mol. The van der Waals surface area contributed by atoms with Crippen LogP contribution in [0.15, 0.2) is 48.9 Å². The Labute approximate surface area is 167 Å². The SMILES string of the molecule is COc1nccnc1-c1ccc2[nH]nc(-c3ccnc(N4CCOCC4)c3)c2c1. The van der Waals surface area contributed by atoms with Gasteiger partial charge in [0.05, 0.1) is 25.8 Å². The molecule has 0 aliphatic carbocycles. The van der Waals surface area contributed by atoms with Gasteiger partial charge in [-0.05, 0) is 24.3 Å². The number of methoxy groups -OCH3 is 1. The Morgan fingerprint density at radius 1 is 0.931 bits per heavy atom. The van der Waals surface area contributed by atoms with Crippen molar-refractivity contribution in [2.45, 2.75) is 0 Å². The van der Waals surface area contributed by atoms with Crippen LogP contribution in [0.3, 0.4) is 0 Å². The van der Waals surface area contributed by atoms with E-state index in [2.05, 4.69) is 42.2 Å². The third-order valence-corrected chi connectivity index (χ3v) is 5.05. The van der Waals surface area contributed by atoms with Crippen LogP contribution in [0.5, 0.6) is 5.88 Å². The first-order chi connectivity index (χ1) is 14.3. The lowest BCUT2D eigenvalue weighted by atomic mass is 10.0. The van der Waals surface area contributed by atoms with Crippen molar-refractivity contribution in [2.24, 2.45) is 0 Å². The largest absolute Gasteiger partial charge is 0.479 e. The van der Waals surface area contributed by atoms with Gasteiger partial charge in [0.25, 0.3) is 0 Å². The normalized spacial score (nSPS) is 14.3. The quantitative estimate of drug-likeness (QED) is 0.575. The van der Waals surface area contributed by atoms with E-state index in [1.54, 1.807) is 19.5 Å². The third-order valence-electron chi connectivity index (χ3n) is 5.05. The maximum atomic E-state index is 5.45. The van der Waals surface area contributed by atoms with Gasteiger partial charge in [-0.3, -0.25) is 5.10 Å². The lowest BCUT2D eigenvalue weighted by Crippen LogP contribution is -2.36. The van der Waals surface area contributed by atoms with Gasteiger partial charge in [0.15, 0.2) is 0 Å². The number of pyridine rings is 1. The summed E-state index contributed by atoms with van der Waals surface area (Å²) in [6.07, 6.45) is 5.11. The van der Waals surface area contributed by atoms with Crippen LogP contribution in [-0.4, -0.2) is 58.6 Å². The Kier molecular flexibility index (Phi) is 4.53. The molecule has 1 aliphatic heterocycles. The van der Waals surface area contributed by atoms with Crippen LogP contribution in [0, 0.1) is 0 Å². The molecule has 1 fully saturated rings. The zero-order valence-electron chi connectivity index (χ0n) is 16.0. The van der Waals surface area contributed by atoms with Gasteiger partial charge in [-0.15, -0.1) is 0 Å². The summed E-state index contributed by atoms with van der Waals surface area (Å²) in [4.78, 5) is 15.5. The molecule has 0 radical (unpaired) electrons. The summed E-state index contributed by atoms with van der Waals surface area (Å²) in [5.41, 5.74) is 4.47. The van der Waals surface area contributed by atoms with Gasteiger partial charge >= 0.3 is 0 Å². The molecule has 3 aromatic heterocycles. The number of aromatic nitrogens is 5. The van der Waals surface area contributed by atoms with Crippen molar-refractivity contribution in [2.75, 3.05) is 38.3 Å². The van der Waals surface area contributed by atoms with Crippen LogP contribution in [0.4, 0.5) is 5.82 Å². The second-order valence-electron chi connectivity index (χ2n) is 6.75. The van der Waals surface area contributed by atoms with Crippen molar-refractivity contribution >= 4 is 16.7 Å². The zero-order chi connectivity index (χ0) is 19.6. The minimum Gasteiger partial charge on any atom is -0.479 e. The predicted molar refractivity (Wildman–Crippen MR) is 110 cm³/mol. The highest BCUT2D eigenvalue weighted by atomic mass is 16.5. The molecule has 0 atom stereocenters. The van der Waals surface area contributed by atoms with E-state index in [0.29, 0.717) is 11.6 Å². The fourth-order valence-electron chi connectivity index (χ4n) is 3.59. The molecule has 5 rings (SSSR count). The Morgan fingerprint density at radius 3 is 2.62 bits per heavy atom. The van der Waals surface area contributed by atoms with E-state index in [1.165, 1.54) is 0 Å². The Balaban J connectivity index is 1.58. The van der Waals surface area contributed by atoms with Crippen LogP contribution < -0.4 is 9.64 Å². The topological polar surface area (TPSA) is 89.1 Å². The number of anilines is 1. The van der Waals surface area contributed by atoms with Crippen LogP contribution in [0.1, 0.15) is 0 Å². The lowest BCUT2D eigenvalue weighted by Gasteiger charge is -2.27. The molecule has 146 valence electrons. The molecular formula is C21H20N6O2. The number of nitrogens with one attached hydrogen (secondary N) is 1. The lowest BCUT2D eigenvalue weighted by molar-refractivity contribution is 0.122. The third kappa shape index (κ3) is 3.27. The summed E-state index contributed by atoms with van der Waals surface area (Å²) in [6.45, 7) is 3.13. The summed E-state index contributed by atoms with van der Waals surface area (Å²) in [5.74, 6) is 1.43. The van der Waals surface area contributed by atoms with E-state index in [9.17, 15) is 0 Å². The fraction of sp³-hybridized carbons (Fsp3) is 0.238. The second-order valence-corrected chi connectivity index (χ2v) is 6.75. The molecule has 1 aromatic carbocycles. The first-order valence-corrected chi connectivity index (χ1v) is 9.46. The molecule has 1 aliphatic rings. The van der Waals surface area contributed by atoms with Gasteiger partial charge in [0.2, 0.25) is 5.88 Å². The monoisotopic (exact) mass is 388 g/mol. The standard InChI is InChI=1S/C21H20N6O2/c1-28-21-20(23-6-7-24-21)14-2-3-17-16(12-14)19(26-25-17)15-4-5-22-18(13-15)27-8-10-29-11-9-27/h2-7,12-13H,8-11H2,1H3,(H,25,26). The molecule has 4 heterocycles. The van der Waals surface area contributed by atoms with Crippen LogP contribution in [0.25, 0.3) is 33.4 Å². The number of H-pyrrole nitrogens is 1. The summed E-state index contributed by atoms with van der Waals surface area (Å²) in [5, 5.41) is 8.70. The molecule has 8 nitrogen and oxygen atoms in total. The number of nitrogens with zero attached hydrogens (tertiary/aromatic N) is 5. The Bertz CT molecular complexity index is 1150. The number of ether oxygens (including phenoxy) is 2. The van der Waals surface area contributed by atoms with E-state index in [4.69, 9.17) is 9.47 Å². The summed E-state index contributed by atoms with van der Waals surface area (Å²) in [6, 6.07) is 10.1. The molecule has 29 heavy (non-hydrogen) atoms. The summed E-state index contributed by atoms with van der Waals surface area (Å²) < 4.78 is 10.8. The molecule has 0 bridgehead atoms. The van der Waals surface area contributed by atoms with E-state index in [1.807, 2.05) is 24.4 Å². The maximum absolute atomic E-state index is 5.45. The van der Waals surface area contributed by atoms with Crippen molar-refractivity contribution < 1.29 is 9.47 Å². The molecule has 0 amide bonds. The van der Waals surface area contributed by atoms with Gasteiger partial charge in [0.1, 0.15) is 17.2 Å². The van der Waals surface area contributed by atoms with Crippen molar-refractivity contribution in [1.82, 2.24) is 25.1 Å². The molecule has 0 saturated carbocycles. The number of aromatic amines is 1. The zero-order valence-corrected chi connectivity index (χ0v) is 16.0. The van der Waals surface area contributed by atoms with E-state index < -0.39 is 0 Å². The molecule has 0 unspecified atom stereocenters. The van der Waals surface area contributed by atoms with Crippen molar-refractivity contribution in [3.63, 3.8) is 0 Å². The van der Waals surface area contributed by atoms with Gasteiger partial charge in [-0.1, -0.05) is 6.07 Å². The molecule has 8 heteroatoms. The van der Waals surface area contributed by atoms with Crippen molar-refractivity contribution in [1.29, 1.82) is 0 Å². The highest BCUT2D eigenvalue weighted by Crippen LogP contribution is 2.33. The Morgan fingerprint density at radius 2 is 1.76 bits per heavy atom. The van der Waals surface area contributed by atoms with E-state index in [-0.39, 0.29) is 0 Å². The number of fused-ring (bicyclic) bond motifs is 1. The van der Waals surface area contributed by atoms with Crippen molar-refractivity contribution in [3.05, 3.63) is 48.9 Å². The molecule has 4 aromatic rings. The average Bonchev–Trinajstić information content (AvgIpc) is 3.23. The number of hydrogen-bond acceptors (Lipinski definition) is 7. The maximum Gasteiger partial charge on any atom is 0.240 e. The van der Waals surface area contributed by atoms with Crippen LogP contribution >= 0.6 is 0 Å². The number of morpholine rings is 1. The smallest absolute Gasteiger partial charge is 0.240 e. The van der Waals surface area contributed by atoms with E-state index >= 15 is 0 Å². The highest BCUT2D eigenvalue weighted by molar-refractivity contribution is 5.96. The predicted octanol–water partition coefficient (Wildman–Crippen LogP) is 2.93. The minimum absolute atomic E-state index is 0.496. The van der Waals surface area contributed by atoms with Gasteiger partial charge in [-0.2, -0.15) is 5.10 Å². The summed E-state index contributed by atoms with van der Waals surface area (Å²) in [7, 11) is 1.60. The molecule has 1 N–H and O–H groups in total. The highest BCUT2D eigenvalue weighted by Gasteiger charge is 2.16. The number of rotatable bonds is 4. The molecule has 1 saturated heterocycles. The molecule has 0 spiro atoms. The first kappa shape index (κ1) is 17.6. The Hall–Kier alpha value is -3.52. The van der Waals surface area contributed by atoms with Gasteiger partial charge < -0.3 is 14.4 Å². The number of benzene rings is 1. The van der Waals surface area contributed by atoms with Crippen LogP contribution in [0.2, 0.25) is 0 Å².